The zero-order valence-electron chi connectivity index (χ0n) is 15.5. The first-order chi connectivity index (χ1) is 13.0. The Morgan fingerprint density at radius 3 is 2.74 bits per heavy atom. The number of rotatable bonds is 5. The summed E-state index contributed by atoms with van der Waals surface area (Å²) < 4.78 is 4.98. The van der Waals surface area contributed by atoms with Crippen molar-refractivity contribution in [2.45, 2.75) is 19.2 Å². The highest BCUT2D eigenvalue weighted by atomic mass is 32.2. The van der Waals surface area contributed by atoms with E-state index in [1.165, 1.54) is 11.8 Å². The van der Waals surface area contributed by atoms with Gasteiger partial charge in [0.15, 0.2) is 0 Å². The molecule has 2 unspecified atom stereocenters. The molecule has 3 amide bonds. The van der Waals surface area contributed by atoms with Gasteiger partial charge >= 0.3 is 6.09 Å². The summed E-state index contributed by atoms with van der Waals surface area (Å²) in [5.74, 6) is 1.31. The molecule has 8 nitrogen and oxygen atoms in total. The number of carbonyl (C=O) groups excluding carboxylic acids is 3. The zero-order chi connectivity index (χ0) is 19.4. The smallest absolute Gasteiger partial charge is 0.409 e. The minimum atomic E-state index is -0.321. The van der Waals surface area contributed by atoms with Gasteiger partial charge in [-0.3, -0.25) is 14.6 Å². The van der Waals surface area contributed by atoms with Gasteiger partial charge in [-0.15, -0.1) is 23.5 Å². The number of aliphatic imine (C=N–C) groups is 1. The summed E-state index contributed by atoms with van der Waals surface area (Å²) in [6.07, 6.45) is 1.63. The van der Waals surface area contributed by atoms with E-state index in [1.807, 2.05) is 13.0 Å². The monoisotopic (exact) mass is 412 g/mol. The van der Waals surface area contributed by atoms with Gasteiger partial charge in [0.1, 0.15) is 11.2 Å². The van der Waals surface area contributed by atoms with Gasteiger partial charge in [0.05, 0.1) is 24.0 Å². The van der Waals surface area contributed by atoms with Crippen LogP contribution in [0.4, 0.5) is 4.79 Å². The molecule has 0 aromatic heterocycles. The Kier molecular flexibility index (Phi) is 6.69. The summed E-state index contributed by atoms with van der Waals surface area (Å²) in [4.78, 5) is 45.3. The molecular formula is C17H24N4O4S2. The molecule has 0 aliphatic carbocycles. The lowest BCUT2D eigenvalue weighted by molar-refractivity contribution is -0.130. The van der Waals surface area contributed by atoms with Crippen LogP contribution in [-0.2, 0) is 14.3 Å². The van der Waals surface area contributed by atoms with Gasteiger partial charge in [0.2, 0.25) is 11.8 Å². The molecule has 1 saturated heterocycles. The highest BCUT2D eigenvalue weighted by Gasteiger charge is 2.36. The number of hydrogen-bond donors (Lipinski definition) is 1. The largest absolute Gasteiger partial charge is 0.450 e. The van der Waals surface area contributed by atoms with Gasteiger partial charge in [0.25, 0.3) is 0 Å². The fourth-order valence-electron chi connectivity index (χ4n) is 3.11. The third kappa shape index (κ3) is 4.98. The van der Waals surface area contributed by atoms with Crippen LogP contribution in [0.5, 0.6) is 0 Å². The maximum absolute atomic E-state index is 12.4. The number of nitrogens with one attached hydrogen (secondary N) is 1. The van der Waals surface area contributed by atoms with Gasteiger partial charge in [-0.1, -0.05) is 6.08 Å². The highest BCUT2D eigenvalue weighted by Crippen LogP contribution is 2.38. The number of nitrogens with zero attached hydrogens (tertiary/aromatic N) is 3. The highest BCUT2D eigenvalue weighted by molar-refractivity contribution is 8.04. The summed E-state index contributed by atoms with van der Waals surface area (Å²) in [6.45, 7) is 6.13. The minimum absolute atomic E-state index is 0.0173. The zero-order valence-corrected chi connectivity index (χ0v) is 17.1. The first-order valence-electron chi connectivity index (χ1n) is 8.97. The van der Waals surface area contributed by atoms with Crippen molar-refractivity contribution < 1.29 is 19.1 Å². The molecule has 1 fully saturated rings. The standard InChI is InChI=1S/C17H24N4O4S2/c1-3-25-17(24)21-6-4-20(5-7-21)14(22)10-26-9-13-18-15(23)12-8-11(2)27-16(12)19-13/h8,12,16H,3-7,9-10H2,1-2H3,(H,18,19,23). The van der Waals surface area contributed by atoms with Crippen LogP contribution in [-0.4, -0.2) is 83.2 Å². The van der Waals surface area contributed by atoms with Crippen molar-refractivity contribution in [3.05, 3.63) is 11.0 Å². The first-order valence-corrected chi connectivity index (χ1v) is 11.0. The van der Waals surface area contributed by atoms with Gasteiger partial charge in [-0.05, 0) is 18.8 Å². The van der Waals surface area contributed by atoms with Gasteiger partial charge < -0.3 is 19.9 Å². The van der Waals surface area contributed by atoms with Crippen molar-refractivity contribution in [3.63, 3.8) is 0 Å². The molecule has 3 heterocycles. The van der Waals surface area contributed by atoms with Crippen molar-refractivity contribution in [3.8, 4) is 0 Å². The minimum Gasteiger partial charge on any atom is -0.450 e. The van der Waals surface area contributed by atoms with Crippen molar-refractivity contribution in [1.82, 2.24) is 15.1 Å². The second-order valence-corrected chi connectivity index (χ2v) is 8.78. The molecule has 0 aromatic carbocycles. The lowest BCUT2D eigenvalue weighted by Gasteiger charge is -2.34. The fraction of sp³-hybridized carbons (Fsp3) is 0.647. The summed E-state index contributed by atoms with van der Waals surface area (Å²) in [6, 6.07) is 0. The average Bonchev–Trinajstić information content (AvgIpc) is 3.03. The van der Waals surface area contributed by atoms with E-state index in [0.717, 1.165) is 4.91 Å². The number of allylic oxidation sites excluding steroid dienone is 1. The van der Waals surface area contributed by atoms with E-state index < -0.39 is 0 Å². The van der Waals surface area contributed by atoms with E-state index in [2.05, 4.69) is 10.3 Å². The molecule has 27 heavy (non-hydrogen) atoms. The van der Waals surface area contributed by atoms with Crippen LogP contribution in [0.2, 0.25) is 0 Å². The molecule has 3 aliphatic heterocycles. The van der Waals surface area contributed by atoms with Crippen LogP contribution in [0.25, 0.3) is 0 Å². The van der Waals surface area contributed by atoms with Crippen molar-refractivity contribution in [2.75, 3.05) is 44.3 Å². The summed E-state index contributed by atoms with van der Waals surface area (Å²) in [5.41, 5.74) is 0. The molecule has 3 rings (SSSR count). The maximum Gasteiger partial charge on any atom is 0.409 e. The molecule has 1 N–H and O–H groups in total. The number of amidine groups is 1. The molecule has 3 aliphatic rings. The molecule has 2 atom stereocenters. The van der Waals surface area contributed by atoms with E-state index in [-0.39, 0.29) is 29.2 Å². The molecule has 0 bridgehead atoms. The molecule has 0 aromatic rings. The predicted molar refractivity (Wildman–Crippen MR) is 107 cm³/mol. The summed E-state index contributed by atoms with van der Waals surface area (Å²) in [7, 11) is 0. The maximum atomic E-state index is 12.4. The Balaban J connectivity index is 1.40. The van der Waals surface area contributed by atoms with Crippen LogP contribution < -0.4 is 5.32 Å². The van der Waals surface area contributed by atoms with E-state index in [9.17, 15) is 14.4 Å². The second kappa shape index (κ2) is 9.01. The Hall–Kier alpha value is -1.68. The normalized spacial score (nSPS) is 24.7. The SMILES string of the molecule is CCOC(=O)N1CCN(C(=O)CSCC2=NC3SC(C)=CC3C(=O)N2)CC1. The van der Waals surface area contributed by atoms with Crippen LogP contribution in [0.3, 0.4) is 0 Å². The fourth-order valence-corrected chi connectivity index (χ4v) is 5.05. The van der Waals surface area contributed by atoms with Gasteiger partial charge in [-0.25, -0.2) is 4.79 Å². The number of carbonyl (C=O) groups is 3. The van der Waals surface area contributed by atoms with E-state index >= 15 is 0 Å². The van der Waals surface area contributed by atoms with Crippen molar-refractivity contribution in [2.24, 2.45) is 10.9 Å². The number of amides is 3. The lowest BCUT2D eigenvalue weighted by Crippen LogP contribution is -2.51. The quantitative estimate of drug-likeness (QED) is 0.728. The molecule has 0 saturated carbocycles. The third-order valence-corrected chi connectivity index (χ3v) is 6.58. The van der Waals surface area contributed by atoms with Crippen molar-refractivity contribution >= 4 is 47.3 Å². The van der Waals surface area contributed by atoms with E-state index in [0.29, 0.717) is 50.1 Å². The third-order valence-electron chi connectivity index (χ3n) is 4.50. The van der Waals surface area contributed by atoms with E-state index in [1.54, 1.807) is 28.5 Å². The Labute approximate surface area is 167 Å². The number of ether oxygens (including phenoxy) is 1. The molecule has 0 spiro atoms. The predicted octanol–water partition coefficient (Wildman–Crippen LogP) is 1.14. The first kappa shape index (κ1) is 20.1. The van der Waals surface area contributed by atoms with E-state index in [4.69, 9.17) is 4.74 Å². The van der Waals surface area contributed by atoms with Crippen LogP contribution >= 0.6 is 23.5 Å². The summed E-state index contributed by atoms with van der Waals surface area (Å²) in [5, 5.41) is 2.77. The van der Waals surface area contributed by atoms with Crippen LogP contribution in [0.1, 0.15) is 13.8 Å². The number of fused-ring (bicyclic) bond motifs is 1. The second-order valence-electron chi connectivity index (χ2n) is 6.44. The molecule has 148 valence electrons. The average molecular weight is 413 g/mol. The Morgan fingerprint density at radius 2 is 2.04 bits per heavy atom. The van der Waals surface area contributed by atoms with Gasteiger partial charge in [-0.2, -0.15) is 0 Å². The van der Waals surface area contributed by atoms with Crippen molar-refractivity contribution in [1.29, 1.82) is 0 Å². The molecule has 0 radical (unpaired) electrons. The Bertz CT molecular complexity index is 674. The number of thioether (sulfide) groups is 2. The topological polar surface area (TPSA) is 91.3 Å². The molecular weight excluding hydrogens is 388 g/mol. The van der Waals surface area contributed by atoms with Crippen LogP contribution in [0, 0.1) is 5.92 Å². The van der Waals surface area contributed by atoms with Gasteiger partial charge in [0, 0.05) is 26.2 Å². The summed E-state index contributed by atoms with van der Waals surface area (Å²) >= 11 is 3.06. The van der Waals surface area contributed by atoms with Crippen LogP contribution in [0.15, 0.2) is 16.0 Å². The lowest BCUT2D eigenvalue weighted by atomic mass is 10.1. The number of hydrogen-bond acceptors (Lipinski definition) is 7. The Morgan fingerprint density at radius 1 is 1.33 bits per heavy atom. The molecule has 10 heteroatoms. The number of piperazine rings is 1.